The van der Waals surface area contributed by atoms with Crippen molar-refractivity contribution in [1.29, 1.82) is 0 Å². The topological polar surface area (TPSA) is 109 Å². The standard InChI is InChI=1S/C28H30FN9/c1-6-8-19(35-16(3)4)9-18(7-2)25-24(29)23-20(11-31-25)32-14-33-27(23)28-36-21-10-30-12-22(26(21)37-28)38-13-17(5)34-15-38/h6-13,15-16,32,35H,14H2,1-5H3,(H,36,37)/b8-6+,18-7+,19-9+. The number of allylic oxidation sites excluding steroid dienone is 5. The molecule has 0 saturated carbocycles. The normalized spacial score (nSPS) is 14.2. The zero-order valence-corrected chi connectivity index (χ0v) is 22.0. The zero-order valence-electron chi connectivity index (χ0n) is 22.0. The first-order valence-electron chi connectivity index (χ1n) is 12.5. The number of nitrogens with zero attached hydrogens (tertiary/aromatic N) is 6. The van der Waals surface area contributed by atoms with Crippen LogP contribution in [0.4, 0.5) is 10.1 Å². The summed E-state index contributed by atoms with van der Waals surface area (Å²) in [6, 6.07) is 0.221. The Morgan fingerprint density at radius 2 is 2.03 bits per heavy atom. The second-order valence-electron chi connectivity index (χ2n) is 9.26. The molecular formula is C28H30FN9. The minimum absolute atomic E-state index is 0.221. The average Bonchev–Trinajstić information content (AvgIpc) is 3.53. The number of hydrogen-bond donors (Lipinski definition) is 3. The number of imidazole rings is 2. The molecule has 0 saturated heterocycles. The van der Waals surface area contributed by atoms with Crippen LogP contribution in [0.25, 0.3) is 22.3 Å². The molecule has 0 bridgehead atoms. The summed E-state index contributed by atoms with van der Waals surface area (Å²) in [5.41, 5.74) is 6.14. The van der Waals surface area contributed by atoms with E-state index in [9.17, 15) is 0 Å². The molecule has 0 aromatic carbocycles. The fourth-order valence-electron chi connectivity index (χ4n) is 4.41. The van der Waals surface area contributed by atoms with Gasteiger partial charge in [-0.25, -0.2) is 14.4 Å². The summed E-state index contributed by atoms with van der Waals surface area (Å²) in [4.78, 5) is 25.8. The van der Waals surface area contributed by atoms with Crippen molar-refractivity contribution in [3.63, 3.8) is 0 Å². The van der Waals surface area contributed by atoms with E-state index < -0.39 is 5.82 Å². The Labute approximate surface area is 220 Å². The summed E-state index contributed by atoms with van der Waals surface area (Å²) in [5.74, 6) is -0.00949. The predicted octanol–water partition coefficient (Wildman–Crippen LogP) is 5.07. The van der Waals surface area contributed by atoms with Crippen molar-refractivity contribution in [2.75, 3.05) is 12.0 Å². The quantitative estimate of drug-likeness (QED) is 0.299. The van der Waals surface area contributed by atoms with Crippen LogP contribution in [0.3, 0.4) is 0 Å². The molecule has 1 aliphatic rings. The number of H-pyrrole nitrogens is 1. The first kappa shape index (κ1) is 25.1. The van der Waals surface area contributed by atoms with Crippen LogP contribution in [0, 0.1) is 12.7 Å². The van der Waals surface area contributed by atoms with Gasteiger partial charge in [0.15, 0.2) is 11.6 Å². The number of aryl methyl sites for hydroxylation is 1. The highest BCUT2D eigenvalue weighted by atomic mass is 19.1. The number of pyridine rings is 2. The van der Waals surface area contributed by atoms with Crippen LogP contribution in [0.2, 0.25) is 0 Å². The van der Waals surface area contributed by atoms with Crippen LogP contribution in [-0.4, -0.2) is 47.9 Å². The molecular weight excluding hydrogens is 481 g/mol. The highest BCUT2D eigenvalue weighted by Gasteiger charge is 2.27. The summed E-state index contributed by atoms with van der Waals surface area (Å²) < 4.78 is 18.1. The van der Waals surface area contributed by atoms with Crippen molar-refractivity contribution in [3.05, 3.63) is 89.7 Å². The van der Waals surface area contributed by atoms with Crippen LogP contribution < -0.4 is 10.6 Å². The van der Waals surface area contributed by atoms with Crippen molar-refractivity contribution in [2.45, 2.75) is 40.7 Å². The van der Waals surface area contributed by atoms with Gasteiger partial charge in [0.25, 0.3) is 0 Å². The van der Waals surface area contributed by atoms with Gasteiger partial charge in [0.05, 0.1) is 53.1 Å². The number of halogens is 1. The molecule has 4 aromatic heterocycles. The Morgan fingerprint density at radius 3 is 2.74 bits per heavy atom. The summed E-state index contributed by atoms with van der Waals surface area (Å²) >= 11 is 0. The van der Waals surface area contributed by atoms with Gasteiger partial charge in [-0.15, -0.1) is 0 Å². The third-order valence-corrected chi connectivity index (χ3v) is 6.05. The van der Waals surface area contributed by atoms with Crippen molar-refractivity contribution in [2.24, 2.45) is 4.99 Å². The Hall–Kier alpha value is -4.60. The van der Waals surface area contributed by atoms with E-state index >= 15 is 4.39 Å². The van der Waals surface area contributed by atoms with Gasteiger partial charge >= 0.3 is 0 Å². The third kappa shape index (κ3) is 4.72. The maximum absolute atomic E-state index is 16.3. The average molecular weight is 512 g/mol. The van der Waals surface area contributed by atoms with E-state index in [0.717, 1.165) is 17.1 Å². The SMILES string of the molecule is C/C=C/C(=C\C(=C/C)c1ncc2c(c1F)C(c1nc3c(-n4cnc(C)c4)cncc3[nH]1)=NCN2)NC(C)C. The predicted molar refractivity (Wildman–Crippen MR) is 149 cm³/mol. The lowest BCUT2D eigenvalue weighted by molar-refractivity contribution is 0.614. The highest BCUT2D eigenvalue weighted by Crippen LogP contribution is 2.31. The van der Waals surface area contributed by atoms with E-state index in [1.807, 2.05) is 55.8 Å². The molecule has 194 valence electrons. The molecule has 0 fully saturated rings. The van der Waals surface area contributed by atoms with Crippen molar-refractivity contribution in [3.8, 4) is 5.69 Å². The van der Waals surface area contributed by atoms with Crippen molar-refractivity contribution >= 4 is 28.0 Å². The molecule has 0 spiro atoms. The lowest BCUT2D eigenvalue weighted by atomic mass is 10.0. The minimum atomic E-state index is -0.466. The van der Waals surface area contributed by atoms with Gasteiger partial charge in [0, 0.05) is 23.5 Å². The summed E-state index contributed by atoms with van der Waals surface area (Å²) in [6.45, 7) is 10.1. The molecule has 4 aromatic rings. The van der Waals surface area contributed by atoms with Crippen LogP contribution in [-0.2, 0) is 0 Å². The second kappa shape index (κ2) is 10.4. The molecule has 0 aliphatic carbocycles. The van der Waals surface area contributed by atoms with Crippen LogP contribution in [0.15, 0.2) is 66.1 Å². The van der Waals surface area contributed by atoms with Crippen LogP contribution >= 0.6 is 0 Å². The van der Waals surface area contributed by atoms with Gasteiger partial charge in [0.2, 0.25) is 0 Å². The molecule has 0 atom stereocenters. The molecule has 1 aliphatic heterocycles. The number of fused-ring (bicyclic) bond motifs is 2. The number of rotatable bonds is 7. The van der Waals surface area contributed by atoms with Gasteiger partial charge in [-0.05, 0) is 46.8 Å². The molecule has 0 unspecified atom stereocenters. The zero-order chi connectivity index (χ0) is 26.8. The maximum Gasteiger partial charge on any atom is 0.161 e. The molecule has 0 amide bonds. The number of nitrogens with one attached hydrogen (secondary N) is 3. The number of aromatic amines is 1. The summed E-state index contributed by atoms with van der Waals surface area (Å²) in [6.07, 6.45) is 16.3. The highest BCUT2D eigenvalue weighted by molar-refractivity contribution is 6.16. The van der Waals surface area contributed by atoms with Gasteiger partial charge in [0.1, 0.15) is 23.6 Å². The molecule has 3 N–H and O–H groups in total. The van der Waals surface area contributed by atoms with Gasteiger partial charge < -0.3 is 20.2 Å². The summed E-state index contributed by atoms with van der Waals surface area (Å²) in [7, 11) is 0. The van der Waals surface area contributed by atoms with Crippen LogP contribution in [0.1, 0.15) is 50.5 Å². The fourth-order valence-corrected chi connectivity index (χ4v) is 4.41. The third-order valence-electron chi connectivity index (χ3n) is 6.05. The number of aromatic nitrogens is 6. The number of aliphatic imine (C=N–C) groups is 1. The van der Waals surface area contributed by atoms with E-state index in [-0.39, 0.29) is 18.4 Å². The van der Waals surface area contributed by atoms with Gasteiger partial charge in [-0.2, -0.15) is 0 Å². The first-order valence-corrected chi connectivity index (χ1v) is 12.5. The van der Waals surface area contributed by atoms with Crippen LogP contribution in [0.5, 0.6) is 0 Å². The van der Waals surface area contributed by atoms with E-state index in [0.29, 0.717) is 39.4 Å². The second-order valence-corrected chi connectivity index (χ2v) is 9.26. The first-order chi connectivity index (χ1) is 18.4. The molecule has 9 nitrogen and oxygen atoms in total. The fraction of sp³-hybridized carbons (Fsp3) is 0.250. The minimum Gasteiger partial charge on any atom is -0.383 e. The lowest BCUT2D eigenvalue weighted by Gasteiger charge is -2.19. The Morgan fingerprint density at radius 1 is 1.18 bits per heavy atom. The number of hydrogen-bond acceptors (Lipinski definition) is 7. The van der Waals surface area contributed by atoms with Gasteiger partial charge in [-0.1, -0.05) is 12.2 Å². The van der Waals surface area contributed by atoms with Crippen molar-refractivity contribution in [1.82, 2.24) is 34.8 Å². The van der Waals surface area contributed by atoms with E-state index in [1.54, 1.807) is 24.9 Å². The van der Waals surface area contributed by atoms with Gasteiger partial charge in [-0.3, -0.25) is 15.0 Å². The monoisotopic (exact) mass is 511 g/mol. The van der Waals surface area contributed by atoms with E-state index in [4.69, 9.17) is 4.98 Å². The van der Waals surface area contributed by atoms with E-state index in [2.05, 4.69) is 49.4 Å². The lowest BCUT2D eigenvalue weighted by Crippen LogP contribution is -2.22. The summed E-state index contributed by atoms with van der Waals surface area (Å²) in [5, 5.41) is 6.52. The van der Waals surface area contributed by atoms with Crippen molar-refractivity contribution < 1.29 is 4.39 Å². The molecule has 5 heterocycles. The Bertz CT molecular complexity index is 1620. The smallest absolute Gasteiger partial charge is 0.161 e. The largest absolute Gasteiger partial charge is 0.383 e. The molecule has 5 rings (SSSR count). The Balaban J connectivity index is 1.60. The molecule has 38 heavy (non-hydrogen) atoms. The Kier molecular flexibility index (Phi) is 6.87. The maximum atomic E-state index is 16.3. The molecule has 10 heteroatoms. The molecule has 0 radical (unpaired) electrons. The van der Waals surface area contributed by atoms with E-state index in [1.165, 1.54) is 0 Å². The number of anilines is 1.